The maximum Gasteiger partial charge on any atom is 0.226 e. The van der Waals surface area contributed by atoms with Gasteiger partial charge in [0, 0.05) is 17.7 Å². The van der Waals surface area contributed by atoms with Crippen LogP contribution in [0, 0.1) is 16.7 Å². The molecular weight excluding hydrogens is 250 g/mol. The number of hydrogen-bond acceptors (Lipinski definition) is 3. The molecule has 112 valence electrons. The summed E-state index contributed by atoms with van der Waals surface area (Å²) in [5.74, 6) is 0.723. The smallest absolute Gasteiger partial charge is 0.226 e. The summed E-state index contributed by atoms with van der Waals surface area (Å²) in [5, 5.41) is 0. The number of amidine groups is 1. The highest BCUT2D eigenvalue weighted by atomic mass is 16.1. The van der Waals surface area contributed by atoms with Gasteiger partial charge in [0.25, 0.3) is 0 Å². The maximum absolute atomic E-state index is 11.8. The first kappa shape index (κ1) is 15.1. The van der Waals surface area contributed by atoms with E-state index < -0.39 is 0 Å². The Labute approximate surface area is 122 Å². The summed E-state index contributed by atoms with van der Waals surface area (Å²) in [6.07, 6.45) is 0.805. The molecule has 4 nitrogen and oxygen atoms in total. The molecule has 1 fully saturated rings. The fourth-order valence-electron chi connectivity index (χ4n) is 3.16. The third-order valence-corrected chi connectivity index (χ3v) is 4.13. The number of primary amides is 1. The Kier molecular flexibility index (Phi) is 3.47. The molecule has 0 spiro atoms. The van der Waals surface area contributed by atoms with Crippen LogP contribution < -0.4 is 5.73 Å². The Hall–Kier alpha value is -1.32. The molecule has 2 rings (SSSR count). The average molecular weight is 277 g/mol. The molecule has 4 heteroatoms. The molecule has 1 atom stereocenters. The average Bonchev–Trinajstić information content (AvgIpc) is 2.68. The van der Waals surface area contributed by atoms with Crippen LogP contribution in [0.2, 0.25) is 0 Å². The van der Waals surface area contributed by atoms with Crippen LogP contribution in [0.1, 0.15) is 48.0 Å². The number of nitrogens with zero attached hydrogens (tertiary/aromatic N) is 2. The second-order valence-corrected chi connectivity index (χ2v) is 7.90. The lowest BCUT2D eigenvalue weighted by Gasteiger charge is -2.39. The molecule has 2 heterocycles. The van der Waals surface area contributed by atoms with Crippen molar-refractivity contribution in [3.63, 3.8) is 0 Å². The molecule has 2 aliphatic heterocycles. The predicted molar refractivity (Wildman–Crippen MR) is 82.2 cm³/mol. The summed E-state index contributed by atoms with van der Waals surface area (Å²) in [4.78, 5) is 18.9. The van der Waals surface area contributed by atoms with E-state index in [9.17, 15) is 4.79 Å². The zero-order valence-corrected chi connectivity index (χ0v) is 13.6. The summed E-state index contributed by atoms with van der Waals surface area (Å²) < 4.78 is 0. The van der Waals surface area contributed by atoms with Crippen molar-refractivity contribution in [3.05, 3.63) is 11.3 Å². The quantitative estimate of drug-likeness (QED) is 0.800. The van der Waals surface area contributed by atoms with Crippen LogP contribution in [0.15, 0.2) is 16.3 Å². The molecule has 0 bridgehead atoms. The van der Waals surface area contributed by atoms with Gasteiger partial charge in [-0.3, -0.25) is 9.79 Å². The molecule has 20 heavy (non-hydrogen) atoms. The molecule has 1 amide bonds. The highest BCUT2D eigenvalue weighted by Gasteiger charge is 2.43. The number of rotatable bonds is 1. The number of aliphatic imine (C=N–C) groups is 1. The van der Waals surface area contributed by atoms with Crippen molar-refractivity contribution in [1.29, 1.82) is 0 Å². The fraction of sp³-hybridized carbons (Fsp3) is 0.750. The Morgan fingerprint density at radius 2 is 1.80 bits per heavy atom. The number of hydrogen-bond donors (Lipinski definition) is 1. The zero-order valence-electron chi connectivity index (χ0n) is 13.6. The van der Waals surface area contributed by atoms with Crippen LogP contribution >= 0.6 is 0 Å². The third-order valence-electron chi connectivity index (χ3n) is 4.13. The molecule has 2 aliphatic rings. The lowest BCUT2D eigenvalue weighted by Crippen LogP contribution is -2.42. The number of carbonyl (C=O) groups excluding carboxylic acids is 1. The summed E-state index contributed by atoms with van der Waals surface area (Å²) in [6, 6.07) is 0. The maximum atomic E-state index is 11.8. The largest absolute Gasteiger partial charge is 0.369 e. The van der Waals surface area contributed by atoms with E-state index in [1.165, 1.54) is 5.57 Å². The van der Waals surface area contributed by atoms with Crippen molar-refractivity contribution in [1.82, 2.24) is 4.90 Å². The highest BCUT2D eigenvalue weighted by molar-refractivity contribution is 5.92. The minimum atomic E-state index is -0.209. The van der Waals surface area contributed by atoms with Crippen molar-refractivity contribution in [2.45, 2.75) is 48.0 Å². The van der Waals surface area contributed by atoms with Gasteiger partial charge in [0.2, 0.25) is 5.91 Å². The van der Waals surface area contributed by atoms with E-state index >= 15 is 0 Å². The summed E-state index contributed by atoms with van der Waals surface area (Å²) in [5.41, 5.74) is 8.01. The van der Waals surface area contributed by atoms with E-state index in [0.29, 0.717) is 6.54 Å². The molecule has 1 saturated heterocycles. The first-order valence-electron chi connectivity index (χ1n) is 7.39. The lowest BCUT2D eigenvalue weighted by atomic mass is 9.80. The van der Waals surface area contributed by atoms with E-state index in [4.69, 9.17) is 10.7 Å². The van der Waals surface area contributed by atoms with Crippen LogP contribution in [0.25, 0.3) is 0 Å². The topological polar surface area (TPSA) is 58.7 Å². The molecule has 0 unspecified atom stereocenters. The monoisotopic (exact) mass is 277 g/mol. The molecule has 0 saturated carbocycles. The van der Waals surface area contributed by atoms with E-state index in [1.807, 2.05) is 0 Å². The highest BCUT2D eigenvalue weighted by Crippen LogP contribution is 2.42. The Morgan fingerprint density at radius 1 is 1.20 bits per heavy atom. The number of fused-ring (bicyclic) bond motifs is 1. The fourth-order valence-corrected chi connectivity index (χ4v) is 3.16. The van der Waals surface area contributed by atoms with Gasteiger partial charge in [-0.2, -0.15) is 0 Å². The van der Waals surface area contributed by atoms with Gasteiger partial charge < -0.3 is 10.6 Å². The molecule has 2 N–H and O–H groups in total. The van der Waals surface area contributed by atoms with Gasteiger partial charge >= 0.3 is 0 Å². The van der Waals surface area contributed by atoms with Gasteiger partial charge in [0.15, 0.2) is 0 Å². The first-order valence-corrected chi connectivity index (χ1v) is 7.39. The van der Waals surface area contributed by atoms with Crippen molar-refractivity contribution in [3.8, 4) is 0 Å². The van der Waals surface area contributed by atoms with E-state index in [-0.39, 0.29) is 22.7 Å². The van der Waals surface area contributed by atoms with Gasteiger partial charge in [-0.1, -0.05) is 41.5 Å². The van der Waals surface area contributed by atoms with Gasteiger partial charge in [-0.25, -0.2) is 0 Å². The lowest BCUT2D eigenvalue weighted by molar-refractivity contribution is -0.120. The predicted octanol–water partition coefficient (Wildman–Crippen LogP) is 2.55. The van der Waals surface area contributed by atoms with Crippen LogP contribution in [0.4, 0.5) is 0 Å². The standard InChI is InChI=1S/C16H27N3O/c1-15(2,3)11-9-18-14(16(4,5)6)19-8-7-10(12(11)19)13(17)20/h10H,7-9H2,1-6H3,(H2,17,20)/t10-/m0/s1. The molecule has 0 radical (unpaired) electrons. The van der Waals surface area contributed by atoms with Crippen LogP contribution in [0.3, 0.4) is 0 Å². The Balaban J connectivity index is 2.52. The number of amides is 1. The van der Waals surface area contributed by atoms with Gasteiger partial charge in [-0.05, 0) is 17.4 Å². The van der Waals surface area contributed by atoms with Crippen molar-refractivity contribution >= 4 is 11.7 Å². The SMILES string of the molecule is CC(C)(C)C1=NCC(C(C)(C)C)=C2[C@@H](C(N)=O)CCN12. The third kappa shape index (κ3) is 2.48. The second kappa shape index (κ2) is 4.61. The molecule has 0 aliphatic carbocycles. The first-order chi connectivity index (χ1) is 9.03. The minimum absolute atomic E-state index is 0.0124. The molecular formula is C16H27N3O. The normalized spacial score (nSPS) is 23.8. The molecule has 0 aromatic carbocycles. The minimum Gasteiger partial charge on any atom is -0.369 e. The van der Waals surface area contributed by atoms with E-state index in [2.05, 4.69) is 46.4 Å². The summed E-state index contributed by atoms with van der Waals surface area (Å²) in [7, 11) is 0. The second-order valence-electron chi connectivity index (χ2n) is 7.90. The Morgan fingerprint density at radius 3 is 2.25 bits per heavy atom. The zero-order chi connectivity index (χ0) is 15.3. The van der Waals surface area contributed by atoms with Crippen molar-refractivity contribution in [2.75, 3.05) is 13.1 Å². The van der Waals surface area contributed by atoms with Crippen molar-refractivity contribution < 1.29 is 4.79 Å². The van der Waals surface area contributed by atoms with Crippen LogP contribution in [0.5, 0.6) is 0 Å². The summed E-state index contributed by atoms with van der Waals surface area (Å²) in [6.45, 7) is 14.6. The van der Waals surface area contributed by atoms with Gasteiger partial charge in [0.1, 0.15) is 5.84 Å². The van der Waals surface area contributed by atoms with Gasteiger partial charge in [0.05, 0.1) is 12.5 Å². The van der Waals surface area contributed by atoms with Crippen molar-refractivity contribution in [2.24, 2.45) is 27.5 Å². The van der Waals surface area contributed by atoms with Crippen LogP contribution in [-0.2, 0) is 4.79 Å². The molecule has 0 aromatic heterocycles. The Bertz CT molecular complexity index is 489. The van der Waals surface area contributed by atoms with Gasteiger partial charge in [-0.15, -0.1) is 0 Å². The number of nitrogens with two attached hydrogens (primary N) is 1. The van der Waals surface area contributed by atoms with Crippen LogP contribution in [-0.4, -0.2) is 29.7 Å². The van der Waals surface area contributed by atoms with E-state index in [0.717, 1.165) is 24.5 Å². The molecule has 0 aromatic rings. The number of carbonyl (C=O) groups is 1. The van der Waals surface area contributed by atoms with E-state index in [1.54, 1.807) is 0 Å². The summed E-state index contributed by atoms with van der Waals surface area (Å²) >= 11 is 0.